The Morgan fingerprint density at radius 2 is 1.61 bits per heavy atom. The molecular formula is C14H21N3O4S2. The van der Waals surface area contributed by atoms with Gasteiger partial charge in [-0.25, -0.2) is 21.6 Å². The number of fused-ring (bicyclic) bond motifs is 2. The van der Waals surface area contributed by atoms with Crippen molar-refractivity contribution in [1.29, 1.82) is 0 Å². The number of hydrogen-bond acceptors (Lipinski definition) is 5. The topological polar surface area (TPSA) is 95.6 Å². The van der Waals surface area contributed by atoms with Gasteiger partial charge in [-0.15, -0.1) is 0 Å². The number of rotatable bonds is 4. The van der Waals surface area contributed by atoms with Crippen LogP contribution in [-0.4, -0.2) is 53.4 Å². The first-order valence-corrected chi connectivity index (χ1v) is 10.5. The summed E-state index contributed by atoms with van der Waals surface area (Å²) in [4.78, 5) is 0.181. The summed E-state index contributed by atoms with van der Waals surface area (Å²) in [6, 6.07) is 5.97. The van der Waals surface area contributed by atoms with E-state index in [1.54, 1.807) is 0 Å². The standard InChI is InChI=1S/C14H21N3O4S2/c1-15-22(18,19)13-4-6-14(7-5-13)23(20,21)17-9-8-11-2-3-12(10-17)16-11/h4-7,11-12,15-16H,2-3,8-10H2,1H3. The van der Waals surface area contributed by atoms with Crippen molar-refractivity contribution in [2.75, 3.05) is 20.1 Å². The highest BCUT2D eigenvalue weighted by Crippen LogP contribution is 2.25. The Balaban J connectivity index is 1.85. The van der Waals surface area contributed by atoms with E-state index in [-0.39, 0.29) is 15.8 Å². The van der Waals surface area contributed by atoms with Crippen LogP contribution in [0.2, 0.25) is 0 Å². The highest BCUT2D eigenvalue weighted by molar-refractivity contribution is 7.89. The molecule has 128 valence electrons. The minimum absolute atomic E-state index is 0.0514. The van der Waals surface area contributed by atoms with Gasteiger partial charge in [0.2, 0.25) is 20.0 Å². The second kappa shape index (κ2) is 6.14. The van der Waals surface area contributed by atoms with Gasteiger partial charge in [-0.05, 0) is 50.6 Å². The molecule has 9 heteroatoms. The Kier molecular flexibility index (Phi) is 4.49. The van der Waals surface area contributed by atoms with Gasteiger partial charge in [0.15, 0.2) is 0 Å². The number of hydrogen-bond donors (Lipinski definition) is 2. The average molecular weight is 359 g/mol. The van der Waals surface area contributed by atoms with E-state index in [1.807, 2.05) is 0 Å². The van der Waals surface area contributed by atoms with E-state index >= 15 is 0 Å². The fourth-order valence-corrected chi connectivity index (χ4v) is 5.42. The van der Waals surface area contributed by atoms with Crippen LogP contribution in [0.4, 0.5) is 0 Å². The molecule has 0 aliphatic carbocycles. The molecule has 2 fully saturated rings. The maximum atomic E-state index is 12.8. The van der Waals surface area contributed by atoms with Crippen LogP contribution in [-0.2, 0) is 20.0 Å². The second-order valence-electron chi connectivity index (χ2n) is 5.97. The lowest BCUT2D eigenvalue weighted by molar-refractivity contribution is 0.383. The summed E-state index contributed by atoms with van der Waals surface area (Å²) in [5.41, 5.74) is 0. The van der Waals surface area contributed by atoms with Gasteiger partial charge in [-0.1, -0.05) is 0 Å². The Morgan fingerprint density at radius 1 is 1.00 bits per heavy atom. The molecule has 2 N–H and O–H groups in total. The van der Waals surface area contributed by atoms with Crippen LogP contribution in [0, 0.1) is 0 Å². The molecule has 23 heavy (non-hydrogen) atoms. The van der Waals surface area contributed by atoms with Gasteiger partial charge in [0, 0.05) is 25.2 Å². The van der Waals surface area contributed by atoms with Crippen LogP contribution >= 0.6 is 0 Å². The highest BCUT2D eigenvalue weighted by atomic mass is 32.2. The van der Waals surface area contributed by atoms with Gasteiger partial charge in [0.25, 0.3) is 0 Å². The van der Waals surface area contributed by atoms with Gasteiger partial charge in [-0.2, -0.15) is 4.31 Å². The average Bonchev–Trinajstić information content (AvgIpc) is 2.86. The summed E-state index contributed by atoms with van der Waals surface area (Å²) in [6.07, 6.45) is 2.91. The maximum absolute atomic E-state index is 12.8. The molecule has 2 atom stereocenters. The summed E-state index contributed by atoms with van der Waals surface area (Å²) in [7, 11) is -5.85. The SMILES string of the molecule is CNS(=O)(=O)c1ccc(S(=O)(=O)N2CCC3CCC(C2)N3)cc1. The van der Waals surface area contributed by atoms with E-state index in [2.05, 4.69) is 10.0 Å². The number of nitrogens with zero attached hydrogens (tertiary/aromatic N) is 1. The molecule has 0 saturated carbocycles. The second-order valence-corrected chi connectivity index (χ2v) is 9.79. The van der Waals surface area contributed by atoms with E-state index in [9.17, 15) is 16.8 Å². The Labute approximate surface area is 137 Å². The third kappa shape index (κ3) is 3.29. The lowest BCUT2D eigenvalue weighted by Gasteiger charge is -2.23. The van der Waals surface area contributed by atoms with E-state index < -0.39 is 20.0 Å². The van der Waals surface area contributed by atoms with Crippen molar-refractivity contribution < 1.29 is 16.8 Å². The fraction of sp³-hybridized carbons (Fsp3) is 0.571. The van der Waals surface area contributed by atoms with E-state index in [4.69, 9.17) is 0 Å². The smallest absolute Gasteiger partial charge is 0.243 e. The zero-order chi connectivity index (χ0) is 16.7. The normalized spacial score (nSPS) is 26.1. The third-order valence-electron chi connectivity index (χ3n) is 4.53. The lowest BCUT2D eigenvalue weighted by Crippen LogP contribution is -2.39. The molecule has 0 aromatic heterocycles. The molecule has 0 radical (unpaired) electrons. The molecule has 2 bridgehead atoms. The summed E-state index contributed by atoms with van der Waals surface area (Å²) < 4.78 is 52.7. The molecule has 1 aromatic carbocycles. The molecule has 2 saturated heterocycles. The largest absolute Gasteiger partial charge is 0.310 e. The zero-order valence-electron chi connectivity index (χ0n) is 12.9. The molecule has 7 nitrogen and oxygen atoms in total. The predicted octanol–water partition coefficient (Wildman–Crippen LogP) is 0.110. The molecule has 2 aliphatic rings. The third-order valence-corrected chi connectivity index (χ3v) is 7.84. The molecule has 2 aliphatic heterocycles. The van der Waals surface area contributed by atoms with Crippen molar-refractivity contribution >= 4 is 20.0 Å². The molecule has 0 spiro atoms. The first kappa shape index (κ1) is 16.8. The Bertz CT molecular complexity index is 775. The van der Waals surface area contributed by atoms with Crippen LogP contribution < -0.4 is 10.0 Å². The van der Waals surface area contributed by atoms with E-state index in [1.165, 1.54) is 35.6 Å². The predicted molar refractivity (Wildman–Crippen MR) is 86.0 cm³/mol. The molecule has 1 aromatic rings. The summed E-state index contributed by atoms with van der Waals surface area (Å²) in [5, 5.41) is 3.45. The Morgan fingerprint density at radius 3 is 2.26 bits per heavy atom. The van der Waals surface area contributed by atoms with Gasteiger partial charge in [0.05, 0.1) is 9.79 Å². The first-order chi connectivity index (χ1) is 10.8. The number of sulfonamides is 2. The van der Waals surface area contributed by atoms with Gasteiger partial charge in [-0.3, -0.25) is 0 Å². The van der Waals surface area contributed by atoms with E-state index in [0.29, 0.717) is 19.1 Å². The van der Waals surface area contributed by atoms with Crippen molar-refractivity contribution in [2.24, 2.45) is 0 Å². The summed E-state index contributed by atoms with van der Waals surface area (Å²) in [6.45, 7) is 0.961. The van der Waals surface area contributed by atoms with Gasteiger partial charge < -0.3 is 5.32 Å². The van der Waals surface area contributed by atoms with Gasteiger partial charge >= 0.3 is 0 Å². The summed E-state index contributed by atoms with van der Waals surface area (Å²) in [5.74, 6) is 0. The maximum Gasteiger partial charge on any atom is 0.243 e. The fourth-order valence-electron chi connectivity index (χ4n) is 3.19. The van der Waals surface area contributed by atoms with Crippen LogP contribution in [0.25, 0.3) is 0 Å². The van der Waals surface area contributed by atoms with E-state index in [0.717, 1.165) is 19.3 Å². The van der Waals surface area contributed by atoms with Crippen LogP contribution in [0.15, 0.2) is 34.1 Å². The molecule has 2 unspecified atom stereocenters. The quantitative estimate of drug-likeness (QED) is 0.796. The molecular weight excluding hydrogens is 338 g/mol. The lowest BCUT2D eigenvalue weighted by atomic mass is 10.1. The molecule has 2 heterocycles. The molecule has 0 amide bonds. The van der Waals surface area contributed by atoms with Crippen molar-refractivity contribution in [3.63, 3.8) is 0 Å². The van der Waals surface area contributed by atoms with Crippen molar-refractivity contribution in [3.05, 3.63) is 24.3 Å². The highest BCUT2D eigenvalue weighted by Gasteiger charge is 2.34. The van der Waals surface area contributed by atoms with Crippen LogP contribution in [0.5, 0.6) is 0 Å². The van der Waals surface area contributed by atoms with Crippen LogP contribution in [0.3, 0.4) is 0 Å². The van der Waals surface area contributed by atoms with Crippen molar-refractivity contribution in [3.8, 4) is 0 Å². The number of nitrogens with one attached hydrogen (secondary N) is 2. The zero-order valence-corrected chi connectivity index (χ0v) is 14.5. The van der Waals surface area contributed by atoms with Crippen LogP contribution in [0.1, 0.15) is 19.3 Å². The van der Waals surface area contributed by atoms with Gasteiger partial charge in [0.1, 0.15) is 0 Å². The molecule has 3 rings (SSSR count). The van der Waals surface area contributed by atoms with Crippen molar-refractivity contribution in [2.45, 2.75) is 41.1 Å². The summed E-state index contributed by atoms with van der Waals surface area (Å²) >= 11 is 0. The monoisotopic (exact) mass is 359 g/mol. The minimum Gasteiger partial charge on any atom is -0.310 e. The first-order valence-electron chi connectivity index (χ1n) is 7.63. The Hall–Kier alpha value is -1.00. The van der Waals surface area contributed by atoms with Crippen molar-refractivity contribution in [1.82, 2.24) is 14.3 Å². The number of benzene rings is 1. The minimum atomic E-state index is -3.60.